The summed E-state index contributed by atoms with van der Waals surface area (Å²) >= 11 is 0. The number of likely N-dealkylation sites (tertiary alicyclic amines) is 1. The van der Waals surface area contributed by atoms with E-state index in [2.05, 4.69) is 0 Å². The van der Waals surface area contributed by atoms with E-state index < -0.39 is 53.6 Å². The van der Waals surface area contributed by atoms with Gasteiger partial charge in [-0.3, -0.25) is 4.79 Å². The van der Waals surface area contributed by atoms with Gasteiger partial charge in [-0.1, -0.05) is 0 Å². The number of rotatable bonds is 2. The molecular weight excluding hydrogens is 290 g/mol. The maximum atomic E-state index is 13.7. The van der Waals surface area contributed by atoms with Gasteiger partial charge in [0, 0.05) is 12.9 Å². The minimum Gasteiger partial charge on any atom is -0.390 e. The molecule has 23 heavy (non-hydrogen) atoms. The lowest BCUT2D eigenvalue weighted by Gasteiger charge is -2.61. The van der Waals surface area contributed by atoms with Gasteiger partial charge in [0.25, 0.3) is 0 Å². The summed E-state index contributed by atoms with van der Waals surface area (Å²) in [5.74, 6) is -4.16. The fraction of sp³-hybridized carbons (Fsp3) is 0.889. The van der Waals surface area contributed by atoms with E-state index in [-0.39, 0.29) is 23.2 Å². The minimum atomic E-state index is -3.20. The molecule has 2 unspecified atom stereocenters. The number of nitrogens with two attached hydrogens (primary N) is 1. The first-order chi connectivity index (χ1) is 13.9. The van der Waals surface area contributed by atoms with Crippen molar-refractivity contribution in [3.05, 3.63) is 0 Å². The van der Waals surface area contributed by atoms with Crippen LogP contribution >= 0.6 is 0 Å². The average Bonchev–Trinajstić information content (AvgIpc) is 2.93. The Morgan fingerprint density at radius 3 is 2.74 bits per heavy atom. The van der Waals surface area contributed by atoms with Gasteiger partial charge in [0.15, 0.2) is 0 Å². The van der Waals surface area contributed by atoms with Crippen LogP contribution in [0.3, 0.4) is 0 Å². The molecule has 1 aliphatic heterocycles. The lowest BCUT2D eigenvalue weighted by atomic mass is 9.46. The molecule has 5 heteroatoms. The summed E-state index contributed by atoms with van der Waals surface area (Å²) < 4.78 is 66.8. The maximum absolute atomic E-state index is 13.7. The highest BCUT2D eigenvalue weighted by Crippen LogP contribution is 2.63. The first kappa shape index (κ1) is 8.31. The molecule has 6 aliphatic rings. The van der Waals surface area contributed by atoms with E-state index in [9.17, 15) is 15.2 Å². The normalized spacial score (nSPS) is 74.2. The molecule has 5 nitrogen and oxygen atoms in total. The van der Waals surface area contributed by atoms with Crippen LogP contribution in [0.5, 0.6) is 0 Å². The van der Waals surface area contributed by atoms with Gasteiger partial charge in [0.2, 0.25) is 5.91 Å². The van der Waals surface area contributed by atoms with Gasteiger partial charge in [-0.15, -0.1) is 0 Å². The number of nitriles is 1. The number of fused-ring (bicyclic) bond motifs is 1. The predicted octanol–water partition coefficient (Wildman–Crippen LogP) is 1.16. The molecule has 4 bridgehead atoms. The van der Waals surface area contributed by atoms with E-state index in [0.717, 1.165) is 6.42 Å². The van der Waals surface area contributed by atoms with Crippen LogP contribution < -0.4 is 5.73 Å². The molecule has 124 valence electrons. The van der Waals surface area contributed by atoms with E-state index in [0.29, 0.717) is 25.7 Å². The molecule has 0 aromatic carbocycles. The zero-order chi connectivity index (χ0) is 23.3. The zero-order valence-corrected chi connectivity index (χ0v) is 12.7. The van der Waals surface area contributed by atoms with Crippen LogP contribution in [0.15, 0.2) is 0 Å². The molecular formula is C18H25N3O2. The van der Waals surface area contributed by atoms with Crippen molar-refractivity contribution in [1.29, 1.82) is 5.26 Å². The topological polar surface area (TPSA) is 90.3 Å². The van der Waals surface area contributed by atoms with E-state index >= 15 is 0 Å². The Hall–Kier alpha value is -1.12. The smallest absolute Gasteiger partial charge is 0.241 e. The van der Waals surface area contributed by atoms with Gasteiger partial charge in [-0.25, -0.2) is 0 Å². The summed E-state index contributed by atoms with van der Waals surface area (Å²) in [6.45, 7) is 0. The Labute approximate surface area is 148 Å². The van der Waals surface area contributed by atoms with Crippen molar-refractivity contribution in [2.75, 3.05) is 0 Å². The number of carbonyl (C=O) groups excluding carboxylic acids is 1. The maximum Gasteiger partial charge on any atom is 0.241 e. The Morgan fingerprint density at radius 2 is 2.13 bits per heavy atom. The minimum absolute atomic E-state index is 0.0571. The van der Waals surface area contributed by atoms with Gasteiger partial charge >= 0.3 is 0 Å². The van der Waals surface area contributed by atoms with Crippen molar-refractivity contribution in [3.63, 3.8) is 0 Å². The molecule has 0 spiro atoms. The van der Waals surface area contributed by atoms with Gasteiger partial charge in [0.05, 0.1) is 21.8 Å². The molecule has 0 aromatic heterocycles. The third-order valence-electron chi connectivity index (χ3n) is 6.25. The number of aliphatic hydroxyl groups is 1. The monoisotopic (exact) mass is 323 g/mol. The number of carbonyl (C=O) groups is 1. The van der Waals surface area contributed by atoms with Crippen molar-refractivity contribution in [1.82, 2.24) is 4.90 Å². The third kappa shape index (κ3) is 1.88. The van der Waals surface area contributed by atoms with E-state index in [1.807, 2.05) is 0 Å². The van der Waals surface area contributed by atoms with Crippen molar-refractivity contribution in [3.8, 4) is 6.07 Å². The summed E-state index contributed by atoms with van der Waals surface area (Å²) in [7, 11) is 0. The molecule has 0 aromatic rings. The molecule has 1 heterocycles. The average molecular weight is 323 g/mol. The van der Waals surface area contributed by atoms with Crippen LogP contribution in [0, 0.1) is 34.5 Å². The molecule has 6 fully saturated rings. The predicted molar refractivity (Wildman–Crippen MR) is 82.8 cm³/mol. The third-order valence-corrected chi connectivity index (χ3v) is 6.25. The number of nitrogens with zero attached hydrogens (tertiary/aromatic N) is 2. The van der Waals surface area contributed by atoms with Gasteiger partial charge in [0.1, 0.15) is 6.02 Å². The van der Waals surface area contributed by atoms with Crippen LogP contribution in [-0.4, -0.2) is 39.6 Å². The van der Waals surface area contributed by atoms with Crippen LogP contribution in [0.1, 0.15) is 62.2 Å². The summed E-state index contributed by atoms with van der Waals surface area (Å²) in [5.41, 5.74) is 4.04. The molecule has 6 rings (SSSR count). The molecule has 5 aliphatic carbocycles. The van der Waals surface area contributed by atoms with Crippen molar-refractivity contribution < 1.29 is 20.9 Å². The highest BCUT2D eigenvalue weighted by molar-refractivity contribution is 5.84. The molecule has 6 atom stereocenters. The van der Waals surface area contributed by atoms with E-state index in [1.165, 1.54) is 6.07 Å². The Kier molecular flexibility index (Phi) is 1.55. The summed E-state index contributed by atoms with van der Waals surface area (Å²) in [4.78, 5) is 13.9. The standard InChI is InChI=1S/C18H25N3O2/c19-8-13-2-12-3-14(12)21(13)16(22)15(20)17-4-10-1-11(5-17)7-18(23,6-10)9-17/h10-15,23H,1-7,9,20H2/t10?,11?,12-,13+,14+,15+,17?,18?/m1/s1/i2D2,3D2,12D,13D,14D,15D. The quantitative estimate of drug-likeness (QED) is 0.798. The van der Waals surface area contributed by atoms with Gasteiger partial charge < -0.3 is 15.7 Å². The van der Waals surface area contributed by atoms with E-state index in [1.54, 1.807) is 0 Å². The van der Waals surface area contributed by atoms with Crippen LogP contribution in [0.4, 0.5) is 0 Å². The molecule has 0 radical (unpaired) electrons. The highest BCUT2D eigenvalue weighted by Gasteiger charge is 2.62. The van der Waals surface area contributed by atoms with Crippen LogP contribution in [0.25, 0.3) is 0 Å². The Balaban J connectivity index is 1.62. The van der Waals surface area contributed by atoms with Crippen LogP contribution in [-0.2, 0) is 4.79 Å². The van der Waals surface area contributed by atoms with Crippen molar-refractivity contribution in [2.45, 2.75) is 74.9 Å². The second-order valence-electron chi connectivity index (χ2n) is 7.95. The second kappa shape index (κ2) is 4.29. The Morgan fingerprint density at radius 1 is 1.43 bits per heavy atom. The zero-order valence-electron chi connectivity index (χ0n) is 20.7. The molecule has 1 amide bonds. The number of hydrogen-bond acceptors (Lipinski definition) is 4. The van der Waals surface area contributed by atoms with Gasteiger partial charge in [-0.2, -0.15) is 5.26 Å². The van der Waals surface area contributed by atoms with E-state index in [4.69, 9.17) is 16.7 Å². The highest BCUT2D eigenvalue weighted by atomic mass is 16.3. The SMILES string of the molecule is [2H]C1([2H])[C@]2([2H])C([2H])([2H])[C@]2([2H])N(C(=O)[C@]([2H])(N)C23CC4CC(CC(O)(C4)C2)C3)[C@]1([2H])C#N. The number of amides is 1. The Bertz CT molecular complexity index is 939. The second-order valence-corrected chi connectivity index (χ2v) is 7.95. The lowest BCUT2D eigenvalue weighted by molar-refractivity contribution is -0.177. The van der Waals surface area contributed by atoms with Gasteiger partial charge in [-0.05, 0) is 74.4 Å². The molecule has 1 saturated heterocycles. The summed E-state index contributed by atoms with van der Waals surface area (Å²) in [6, 6.07) is -7.12. The fourth-order valence-electron chi connectivity index (χ4n) is 5.79. The number of hydrogen-bond donors (Lipinski definition) is 2. The molecule has 3 N–H and O–H groups in total. The fourth-order valence-corrected chi connectivity index (χ4v) is 5.79. The first-order valence-electron chi connectivity index (χ1n) is 12.2. The summed E-state index contributed by atoms with van der Waals surface area (Å²) in [5, 5.41) is 20.7. The first-order valence-corrected chi connectivity index (χ1v) is 8.18. The largest absolute Gasteiger partial charge is 0.390 e. The van der Waals surface area contributed by atoms with Crippen LogP contribution in [0.2, 0.25) is 0 Å². The lowest BCUT2D eigenvalue weighted by Crippen LogP contribution is -2.64. The summed E-state index contributed by atoms with van der Waals surface area (Å²) in [6.07, 6.45) is -3.31. The number of piperidine rings is 1. The van der Waals surface area contributed by atoms with Crippen molar-refractivity contribution >= 4 is 5.91 Å². The molecule has 5 saturated carbocycles. The van der Waals surface area contributed by atoms with Crippen molar-refractivity contribution in [2.24, 2.45) is 28.9 Å².